The predicted molar refractivity (Wildman–Crippen MR) is 81.3 cm³/mol. The Hall–Kier alpha value is -1.84. The van der Waals surface area contributed by atoms with E-state index in [1.54, 1.807) is 6.07 Å². The van der Waals surface area contributed by atoms with Crippen LogP contribution in [0.3, 0.4) is 0 Å². The summed E-state index contributed by atoms with van der Waals surface area (Å²) in [7, 11) is 0. The summed E-state index contributed by atoms with van der Waals surface area (Å²) in [6, 6.07) is 15.2. The molecular weight excluding hydrogens is 272 g/mol. The highest BCUT2D eigenvalue weighted by Gasteiger charge is 2.06. The van der Waals surface area contributed by atoms with Crippen LogP contribution in [0.25, 0.3) is 0 Å². The van der Waals surface area contributed by atoms with E-state index >= 15 is 0 Å². The zero-order chi connectivity index (χ0) is 14.4. The highest BCUT2D eigenvalue weighted by molar-refractivity contribution is 6.31. The van der Waals surface area contributed by atoms with Crippen molar-refractivity contribution in [3.8, 4) is 0 Å². The second-order valence-corrected chi connectivity index (χ2v) is 4.97. The van der Waals surface area contributed by atoms with Crippen LogP contribution in [0.1, 0.15) is 16.7 Å². The summed E-state index contributed by atoms with van der Waals surface area (Å²) in [6.45, 7) is 1.04. The molecule has 0 radical (unpaired) electrons. The van der Waals surface area contributed by atoms with Crippen LogP contribution in [-0.4, -0.2) is 5.91 Å². The molecule has 2 aromatic carbocycles. The molecule has 0 heterocycles. The molecule has 0 saturated heterocycles. The molecule has 0 aliphatic heterocycles. The van der Waals surface area contributed by atoms with E-state index in [9.17, 15) is 4.79 Å². The third-order valence-corrected chi connectivity index (χ3v) is 3.43. The number of nitrogens with two attached hydrogens (primary N) is 1. The Bertz CT molecular complexity index is 581. The molecular formula is C16H17ClN2O. The van der Waals surface area contributed by atoms with Crippen molar-refractivity contribution in [3.63, 3.8) is 0 Å². The molecule has 1 amide bonds. The van der Waals surface area contributed by atoms with Crippen molar-refractivity contribution in [3.05, 3.63) is 70.2 Å². The van der Waals surface area contributed by atoms with Crippen LogP contribution in [-0.2, 0) is 24.3 Å². The molecule has 4 heteroatoms. The molecule has 0 aromatic heterocycles. The summed E-state index contributed by atoms with van der Waals surface area (Å²) in [5, 5.41) is 3.50. The van der Waals surface area contributed by atoms with E-state index in [0.717, 1.165) is 16.7 Å². The number of benzene rings is 2. The minimum Gasteiger partial charge on any atom is -0.352 e. The molecule has 0 unspecified atom stereocenters. The molecule has 0 aliphatic carbocycles. The van der Waals surface area contributed by atoms with Gasteiger partial charge in [-0.1, -0.05) is 54.1 Å². The van der Waals surface area contributed by atoms with Crippen LogP contribution in [0.2, 0.25) is 5.02 Å². The molecule has 104 valence electrons. The van der Waals surface area contributed by atoms with Crippen molar-refractivity contribution in [1.82, 2.24) is 5.32 Å². The van der Waals surface area contributed by atoms with Gasteiger partial charge >= 0.3 is 0 Å². The lowest BCUT2D eigenvalue weighted by Gasteiger charge is -2.07. The Labute approximate surface area is 123 Å². The summed E-state index contributed by atoms with van der Waals surface area (Å²) < 4.78 is 0. The van der Waals surface area contributed by atoms with Crippen molar-refractivity contribution < 1.29 is 4.79 Å². The zero-order valence-electron chi connectivity index (χ0n) is 11.1. The lowest BCUT2D eigenvalue weighted by molar-refractivity contribution is -0.120. The Morgan fingerprint density at radius 3 is 2.35 bits per heavy atom. The van der Waals surface area contributed by atoms with E-state index in [0.29, 0.717) is 24.5 Å². The maximum absolute atomic E-state index is 11.9. The molecule has 0 spiro atoms. The van der Waals surface area contributed by atoms with Crippen LogP contribution < -0.4 is 11.1 Å². The van der Waals surface area contributed by atoms with Gasteiger partial charge in [0, 0.05) is 18.1 Å². The second-order valence-electron chi connectivity index (χ2n) is 4.57. The van der Waals surface area contributed by atoms with Crippen LogP contribution in [0, 0.1) is 0 Å². The minimum atomic E-state index is -0.0407. The van der Waals surface area contributed by atoms with Crippen molar-refractivity contribution in [2.75, 3.05) is 0 Å². The van der Waals surface area contributed by atoms with E-state index in [4.69, 9.17) is 17.3 Å². The second kappa shape index (κ2) is 7.08. The smallest absolute Gasteiger partial charge is 0.224 e. The number of nitrogens with one attached hydrogen (secondary N) is 1. The van der Waals surface area contributed by atoms with Crippen molar-refractivity contribution in [2.24, 2.45) is 5.73 Å². The Morgan fingerprint density at radius 1 is 1.05 bits per heavy atom. The highest BCUT2D eigenvalue weighted by atomic mass is 35.5. The van der Waals surface area contributed by atoms with E-state index in [1.807, 2.05) is 42.5 Å². The van der Waals surface area contributed by atoms with Crippen LogP contribution in [0.5, 0.6) is 0 Å². The summed E-state index contributed by atoms with van der Waals surface area (Å²) in [4.78, 5) is 11.9. The summed E-state index contributed by atoms with van der Waals surface area (Å²) >= 11 is 6.03. The summed E-state index contributed by atoms with van der Waals surface area (Å²) in [6.07, 6.45) is 0.292. The molecule has 0 aliphatic rings. The average Bonchev–Trinajstić information content (AvgIpc) is 2.48. The first-order valence-corrected chi connectivity index (χ1v) is 6.85. The van der Waals surface area contributed by atoms with Gasteiger partial charge in [0.1, 0.15) is 0 Å². The van der Waals surface area contributed by atoms with Gasteiger partial charge in [-0.3, -0.25) is 4.79 Å². The fourth-order valence-electron chi connectivity index (χ4n) is 1.87. The monoisotopic (exact) mass is 288 g/mol. The first kappa shape index (κ1) is 14.6. The average molecular weight is 289 g/mol. The first-order valence-electron chi connectivity index (χ1n) is 6.47. The molecule has 0 atom stereocenters. The fraction of sp³-hybridized carbons (Fsp3) is 0.188. The van der Waals surface area contributed by atoms with Crippen molar-refractivity contribution in [2.45, 2.75) is 19.5 Å². The van der Waals surface area contributed by atoms with Gasteiger partial charge in [-0.05, 0) is 22.8 Å². The molecule has 3 N–H and O–H groups in total. The van der Waals surface area contributed by atoms with Gasteiger partial charge in [0.05, 0.1) is 6.42 Å². The summed E-state index contributed by atoms with van der Waals surface area (Å²) in [5.74, 6) is -0.0407. The van der Waals surface area contributed by atoms with Gasteiger partial charge < -0.3 is 11.1 Å². The lowest BCUT2D eigenvalue weighted by Crippen LogP contribution is -2.24. The van der Waals surface area contributed by atoms with Gasteiger partial charge in [0.15, 0.2) is 0 Å². The maximum atomic E-state index is 11.9. The SMILES string of the molecule is NCc1ccc(CNC(=O)Cc2ccccc2Cl)cc1. The number of amides is 1. The fourth-order valence-corrected chi connectivity index (χ4v) is 2.07. The number of carbonyl (C=O) groups excluding carboxylic acids is 1. The topological polar surface area (TPSA) is 55.1 Å². The Kier molecular flexibility index (Phi) is 5.16. The largest absolute Gasteiger partial charge is 0.352 e. The summed E-state index contributed by atoms with van der Waals surface area (Å²) in [5.41, 5.74) is 8.51. The van der Waals surface area contributed by atoms with Crippen molar-refractivity contribution in [1.29, 1.82) is 0 Å². The molecule has 2 aromatic rings. The van der Waals surface area contributed by atoms with Crippen LogP contribution in [0.4, 0.5) is 0 Å². The van der Waals surface area contributed by atoms with Gasteiger partial charge in [0.25, 0.3) is 0 Å². The maximum Gasteiger partial charge on any atom is 0.224 e. The van der Waals surface area contributed by atoms with E-state index in [2.05, 4.69) is 5.32 Å². The Morgan fingerprint density at radius 2 is 1.70 bits per heavy atom. The van der Waals surface area contributed by atoms with Crippen molar-refractivity contribution >= 4 is 17.5 Å². The molecule has 0 fully saturated rings. The number of hydrogen-bond donors (Lipinski definition) is 2. The van der Waals surface area contributed by atoms with Crippen LogP contribution >= 0.6 is 11.6 Å². The number of rotatable bonds is 5. The quantitative estimate of drug-likeness (QED) is 0.889. The van der Waals surface area contributed by atoms with Crippen LogP contribution in [0.15, 0.2) is 48.5 Å². The predicted octanol–water partition coefficient (Wildman–Crippen LogP) is 2.66. The molecule has 20 heavy (non-hydrogen) atoms. The van der Waals surface area contributed by atoms with Gasteiger partial charge in [-0.15, -0.1) is 0 Å². The zero-order valence-corrected chi connectivity index (χ0v) is 11.9. The number of carbonyl (C=O) groups is 1. The first-order chi connectivity index (χ1) is 9.69. The third kappa shape index (κ3) is 4.08. The highest BCUT2D eigenvalue weighted by Crippen LogP contribution is 2.15. The normalized spacial score (nSPS) is 10.3. The van der Waals surface area contributed by atoms with Gasteiger partial charge in [-0.25, -0.2) is 0 Å². The number of hydrogen-bond acceptors (Lipinski definition) is 2. The van der Waals surface area contributed by atoms with E-state index < -0.39 is 0 Å². The minimum absolute atomic E-state index is 0.0407. The third-order valence-electron chi connectivity index (χ3n) is 3.06. The van der Waals surface area contributed by atoms with Gasteiger partial charge in [-0.2, -0.15) is 0 Å². The molecule has 3 nitrogen and oxygen atoms in total. The molecule has 0 bridgehead atoms. The Balaban J connectivity index is 1.87. The van der Waals surface area contributed by atoms with Gasteiger partial charge in [0.2, 0.25) is 5.91 Å². The lowest BCUT2D eigenvalue weighted by atomic mass is 10.1. The number of halogens is 1. The molecule has 2 rings (SSSR count). The van der Waals surface area contributed by atoms with E-state index in [-0.39, 0.29) is 5.91 Å². The van der Waals surface area contributed by atoms with E-state index in [1.165, 1.54) is 0 Å². The molecule has 0 saturated carbocycles. The standard InChI is InChI=1S/C16H17ClN2O/c17-15-4-2-1-3-14(15)9-16(20)19-11-13-7-5-12(10-18)6-8-13/h1-8H,9-11,18H2,(H,19,20).